The van der Waals surface area contributed by atoms with Crippen LogP contribution in [-0.4, -0.2) is 46.5 Å². The standard InChI is InChI=1S/C25H22Cl2N2O7S/c1-35-24(31)16-11-17(25(32)36-2)13-19(12-16)28-23(30)21(10-15-6-4-3-5-7-15)29-37(33,34)22-14-18(26)8-9-20(22)27/h3-9,11-14,21,29H,10H2,1-2H3,(H,28,30)/t21-/m0/s1. The number of amides is 1. The molecule has 0 heterocycles. The Morgan fingerprint density at radius 2 is 1.46 bits per heavy atom. The molecule has 0 fully saturated rings. The fourth-order valence-corrected chi connectivity index (χ4v) is 5.33. The molecule has 2 N–H and O–H groups in total. The van der Waals surface area contributed by atoms with Crippen molar-refractivity contribution in [3.63, 3.8) is 0 Å². The molecule has 0 radical (unpaired) electrons. The van der Waals surface area contributed by atoms with Crippen LogP contribution in [0.2, 0.25) is 10.0 Å². The molecule has 0 saturated heterocycles. The number of ether oxygens (including phenoxy) is 2. The van der Waals surface area contributed by atoms with Crippen molar-refractivity contribution in [2.75, 3.05) is 19.5 Å². The summed E-state index contributed by atoms with van der Waals surface area (Å²) in [6.07, 6.45) is -0.0232. The Kier molecular flexibility index (Phi) is 9.28. The van der Waals surface area contributed by atoms with Gasteiger partial charge >= 0.3 is 11.9 Å². The van der Waals surface area contributed by atoms with Crippen LogP contribution in [0.15, 0.2) is 71.6 Å². The first-order valence-corrected chi connectivity index (χ1v) is 12.9. The van der Waals surface area contributed by atoms with Gasteiger partial charge in [-0.15, -0.1) is 0 Å². The van der Waals surface area contributed by atoms with E-state index in [1.54, 1.807) is 30.3 Å². The van der Waals surface area contributed by atoms with Crippen LogP contribution in [0.5, 0.6) is 0 Å². The minimum absolute atomic E-state index is 0.0217. The average Bonchev–Trinajstić information content (AvgIpc) is 2.88. The van der Waals surface area contributed by atoms with E-state index in [0.717, 1.165) is 14.2 Å². The third kappa shape index (κ3) is 7.30. The number of nitrogens with one attached hydrogen (secondary N) is 2. The number of anilines is 1. The second kappa shape index (κ2) is 12.2. The van der Waals surface area contributed by atoms with E-state index in [0.29, 0.717) is 5.56 Å². The molecule has 194 valence electrons. The maximum atomic E-state index is 13.3. The SMILES string of the molecule is COC(=O)c1cc(NC(=O)[C@H](Cc2ccccc2)NS(=O)(=O)c2cc(Cl)ccc2Cl)cc(C(=O)OC)c1. The zero-order chi connectivity index (χ0) is 27.2. The van der Waals surface area contributed by atoms with Crippen LogP contribution in [0.3, 0.4) is 0 Å². The molecule has 0 aliphatic heterocycles. The normalized spacial score (nSPS) is 11.9. The molecule has 3 rings (SSSR count). The van der Waals surface area contributed by atoms with Crippen molar-refractivity contribution in [1.29, 1.82) is 0 Å². The predicted octanol–water partition coefficient (Wildman–Crippen LogP) is 4.09. The minimum atomic E-state index is -4.30. The molecule has 0 aromatic heterocycles. The zero-order valence-corrected chi connectivity index (χ0v) is 22.0. The molecular formula is C25H22Cl2N2O7S. The van der Waals surface area contributed by atoms with Crippen molar-refractivity contribution < 1.29 is 32.3 Å². The lowest BCUT2D eigenvalue weighted by atomic mass is 10.1. The summed E-state index contributed by atoms with van der Waals surface area (Å²) in [4.78, 5) is 37.2. The van der Waals surface area contributed by atoms with Crippen molar-refractivity contribution in [2.24, 2.45) is 0 Å². The summed E-state index contributed by atoms with van der Waals surface area (Å²) in [5, 5.41) is 2.62. The van der Waals surface area contributed by atoms with Gasteiger partial charge in [-0.05, 0) is 48.4 Å². The number of hydrogen-bond acceptors (Lipinski definition) is 7. The third-order valence-corrected chi connectivity index (χ3v) is 7.31. The van der Waals surface area contributed by atoms with Gasteiger partial charge in [0.1, 0.15) is 10.9 Å². The fraction of sp³-hybridized carbons (Fsp3) is 0.160. The molecular weight excluding hydrogens is 543 g/mol. The number of benzene rings is 3. The highest BCUT2D eigenvalue weighted by Gasteiger charge is 2.28. The second-order valence-corrected chi connectivity index (χ2v) is 10.2. The van der Waals surface area contributed by atoms with Crippen molar-refractivity contribution in [2.45, 2.75) is 17.4 Å². The van der Waals surface area contributed by atoms with Gasteiger partial charge < -0.3 is 14.8 Å². The monoisotopic (exact) mass is 564 g/mol. The van der Waals surface area contributed by atoms with E-state index in [4.69, 9.17) is 32.7 Å². The highest BCUT2D eigenvalue weighted by Crippen LogP contribution is 2.25. The lowest BCUT2D eigenvalue weighted by molar-refractivity contribution is -0.117. The van der Waals surface area contributed by atoms with Gasteiger partial charge in [0, 0.05) is 10.7 Å². The first-order valence-electron chi connectivity index (χ1n) is 10.7. The van der Waals surface area contributed by atoms with Crippen molar-refractivity contribution >= 4 is 56.8 Å². The number of halogens is 2. The molecule has 37 heavy (non-hydrogen) atoms. The largest absolute Gasteiger partial charge is 0.465 e. The Morgan fingerprint density at radius 3 is 2.03 bits per heavy atom. The minimum Gasteiger partial charge on any atom is -0.465 e. The van der Waals surface area contributed by atoms with Crippen LogP contribution in [0.1, 0.15) is 26.3 Å². The summed E-state index contributed by atoms with van der Waals surface area (Å²) >= 11 is 12.0. The smallest absolute Gasteiger partial charge is 0.337 e. The topological polar surface area (TPSA) is 128 Å². The molecule has 0 bridgehead atoms. The fourth-order valence-electron chi connectivity index (χ4n) is 3.37. The number of sulfonamides is 1. The number of esters is 2. The van der Waals surface area contributed by atoms with Crippen LogP contribution in [0, 0.1) is 0 Å². The van der Waals surface area contributed by atoms with Gasteiger partial charge in [0.25, 0.3) is 0 Å². The first kappa shape index (κ1) is 28.1. The van der Waals surface area contributed by atoms with Gasteiger partial charge in [-0.25, -0.2) is 18.0 Å². The highest BCUT2D eigenvalue weighted by atomic mass is 35.5. The van der Waals surface area contributed by atoms with E-state index in [-0.39, 0.29) is 38.2 Å². The molecule has 1 amide bonds. The van der Waals surface area contributed by atoms with Gasteiger partial charge in [0.2, 0.25) is 15.9 Å². The third-order valence-electron chi connectivity index (χ3n) is 5.12. The molecule has 0 spiro atoms. The van der Waals surface area contributed by atoms with Crippen molar-refractivity contribution in [3.05, 3.63) is 93.5 Å². The van der Waals surface area contributed by atoms with E-state index in [9.17, 15) is 22.8 Å². The Hall–Kier alpha value is -3.44. The number of methoxy groups -OCH3 is 2. The van der Waals surface area contributed by atoms with E-state index in [2.05, 4.69) is 10.0 Å². The van der Waals surface area contributed by atoms with Gasteiger partial charge in [-0.3, -0.25) is 4.79 Å². The van der Waals surface area contributed by atoms with Crippen LogP contribution < -0.4 is 10.0 Å². The molecule has 12 heteroatoms. The lowest BCUT2D eigenvalue weighted by Crippen LogP contribution is -2.45. The second-order valence-electron chi connectivity index (χ2n) is 7.71. The molecule has 0 aliphatic rings. The van der Waals surface area contributed by atoms with E-state index in [1.165, 1.54) is 36.4 Å². The van der Waals surface area contributed by atoms with E-state index >= 15 is 0 Å². The first-order chi connectivity index (χ1) is 17.5. The summed E-state index contributed by atoms with van der Waals surface area (Å²) in [7, 11) is -1.97. The van der Waals surface area contributed by atoms with Crippen LogP contribution in [0.4, 0.5) is 5.69 Å². The summed E-state index contributed by atoms with van der Waals surface area (Å²) < 4.78 is 38.1. The Labute approximate surface area is 223 Å². The van der Waals surface area contributed by atoms with Gasteiger partial charge in [0.05, 0.1) is 30.4 Å². The molecule has 3 aromatic rings. The molecule has 1 atom stereocenters. The summed E-state index contributed by atoms with van der Waals surface area (Å²) in [5.41, 5.74) is 0.672. The average molecular weight is 565 g/mol. The highest BCUT2D eigenvalue weighted by molar-refractivity contribution is 7.89. The Bertz CT molecular complexity index is 1400. The van der Waals surface area contributed by atoms with Crippen LogP contribution in [0.25, 0.3) is 0 Å². The van der Waals surface area contributed by atoms with Crippen molar-refractivity contribution in [3.8, 4) is 0 Å². The summed E-state index contributed by atoms with van der Waals surface area (Å²) in [5.74, 6) is -2.26. The van der Waals surface area contributed by atoms with Gasteiger partial charge in [-0.1, -0.05) is 53.5 Å². The quantitative estimate of drug-likeness (QED) is 0.374. The maximum absolute atomic E-state index is 13.3. The molecule has 9 nitrogen and oxygen atoms in total. The predicted molar refractivity (Wildman–Crippen MR) is 138 cm³/mol. The number of rotatable bonds is 9. The summed E-state index contributed by atoms with van der Waals surface area (Å²) in [6, 6.07) is 15.2. The number of carbonyl (C=O) groups excluding carboxylic acids is 3. The van der Waals surface area contributed by atoms with Crippen LogP contribution in [-0.2, 0) is 30.7 Å². The Balaban J connectivity index is 1.98. The maximum Gasteiger partial charge on any atom is 0.337 e. The van der Waals surface area contributed by atoms with E-state index in [1.807, 2.05) is 0 Å². The van der Waals surface area contributed by atoms with Crippen LogP contribution >= 0.6 is 23.2 Å². The number of hydrogen-bond donors (Lipinski definition) is 2. The Morgan fingerprint density at radius 1 is 0.865 bits per heavy atom. The lowest BCUT2D eigenvalue weighted by Gasteiger charge is -2.20. The molecule has 0 aliphatic carbocycles. The van der Waals surface area contributed by atoms with Gasteiger partial charge in [0.15, 0.2) is 0 Å². The van der Waals surface area contributed by atoms with E-state index < -0.39 is 33.9 Å². The summed E-state index contributed by atoms with van der Waals surface area (Å²) in [6.45, 7) is 0. The zero-order valence-electron chi connectivity index (χ0n) is 19.7. The molecule has 0 saturated carbocycles. The molecule has 0 unspecified atom stereocenters. The molecule has 3 aromatic carbocycles. The van der Waals surface area contributed by atoms with Crippen molar-refractivity contribution in [1.82, 2.24) is 4.72 Å². The number of carbonyl (C=O) groups is 3. The van der Waals surface area contributed by atoms with Gasteiger partial charge in [-0.2, -0.15) is 4.72 Å².